The Hall–Kier alpha value is -1.17. The molecule has 0 unspecified atom stereocenters. The van der Waals surface area contributed by atoms with E-state index in [-0.39, 0.29) is 23.2 Å². The molecule has 1 aromatic rings. The molecule has 0 spiro atoms. The van der Waals surface area contributed by atoms with Gasteiger partial charge in [0.1, 0.15) is 5.82 Å². The van der Waals surface area contributed by atoms with E-state index in [4.69, 9.17) is 9.84 Å². The van der Waals surface area contributed by atoms with Gasteiger partial charge in [0, 0.05) is 6.07 Å². The number of benzene rings is 1. The molecule has 82 valence electrons. The van der Waals surface area contributed by atoms with E-state index >= 15 is 0 Å². The highest BCUT2D eigenvalue weighted by molar-refractivity contribution is 9.10. The Morgan fingerprint density at radius 3 is 2.67 bits per heavy atom. The van der Waals surface area contributed by atoms with E-state index in [1.807, 2.05) is 0 Å². The second kappa shape index (κ2) is 5.06. The van der Waals surface area contributed by atoms with Gasteiger partial charge in [0.15, 0.2) is 11.6 Å². The molecule has 0 bridgehead atoms. The third-order valence-electron chi connectivity index (χ3n) is 1.53. The molecule has 1 aromatic carbocycles. The minimum Gasteiger partial charge on any atom is -0.489 e. The van der Waals surface area contributed by atoms with Crippen molar-refractivity contribution in [2.45, 2.75) is 6.42 Å². The van der Waals surface area contributed by atoms with Crippen LogP contribution in [-0.2, 0) is 4.79 Å². The van der Waals surface area contributed by atoms with Crippen LogP contribution in [0, 0.1) is 11.6 Å². The van der Waals surface area contributed by atoms with E-state index in [1.54, 1.807) is 0 Å². The Labute approximate surface area is 92.8 Å². The van der Waals surface area contributed by atoms with E-state index in [1.165, 1.54) is 0 Å². The molecular formula is C9H7BrF2O3. The molecule has 0 radical (unpaired) electrons. The smallest absolute Gasteiger partial charge is 0.306 e. The molecule has 0 amide bonds. The first-order valence-electron chi connectivity index (χ1n) is 4.00. The van der Waals surface area contributed by atoms with Crippen molar-refractivity contribution in [1.29, 1.82) is 0 Å². The number of carboxylic acid groups (broad SMARTS) is 1. The molecule has 0 aliphatic heterocycles. The number of carbonyl (C=O) groups is 1. The molecule has 0 aliphatic rings. The third-order valence-corrected chi connectivity index (χ3v) is 2.11. The van der Waals surface area contributed by atoms with E-state index < -0.39 is 17.6 Å². The summed E-state index contributed by atoms with van der Waals surface area (Å²) in [5.41, 5.74) is 0. The molecule has 6 heteroatoms. The predicted molar refractivity (Wildman–Crippen MR) is 51.8 cm³/mol. The molecule has 3 nitrogen and oxygen atoms in total. The average molecular weight is 281 g/mol. The second-order valence-corrected chi connectivity index (χ2v) is 3.55. The van der Waals surface area contributed by atoms with Crippen LogP contribution in [0.15, 0.2) is 16.6 Å². The van der Waals surface area contributed by atoms with Crippen molar-refractivity contribution in [2.75, 3.05) is 6.61 Å². The quantitative estimate of drug-likeness (QED) is 0.922. The maximum absolute atomic E-state index is 13.1. The Bertz CT molecular complexity index is 359. The fourth-order valence-electron chi connectivity index (χ4n) is 0.907. The maximum atomic E-state index is 13.1. The van der Waals surface area contributed by atoms with Crippen LogP contribution in [0.4, 0.5) is 8.78 Å². The molecule has 0 aromatic heterocycles. The molecule has 15 heavy (non-hydrogen) atoms. The molecular weight excluding hydrogens is 274 g/mol. The van der Waals surface area contributed by atoms with E-state index in [0.29, 0.717) is 6.07 Å². The van der Waals surface area contributed by atoms with Gasteiger partial charge < -0.3 is 9.84 Å². The van der Waals surface area contributed by atoms with Crippen LogP contribution >= 0.6 is 15.9 Å². The Morgan fingerprint density at radius 2 is 2.13 bits per heavy atom. The first kappa shape index (κ1) is 11.9. The van der Waals surface area contributed by atoms with Gasteiger partial charge in [0.25, 0.3) is 0 Å². The number of hydrogen-bond acceptors (Lipinski definition) is 2. The van der Waals surface area contributed by atoms with Crippen molar-refractivity contribution in [1.82, 2.24) is 0 Å². The number of carboxylic acids is 1. The zero-order chi connectivity index (χ0) is 11.4. The third kappa shape index (κ3) is 3.47. The maximum Gasteiger partial charge on any atom is 0.306 e. The van der Waals surface area contributed by atoms with Crippen molar-refractivity contribution >= 4 is 21.9 Å². The summed E-state index contributed by atoms with van der Waals surface area (Å²) in [6.45, 7) is -0.170. The number of aliphatic carboxylic acids is 1. The fraction of sp³-hybridized carbons (Fsp3) is 0.222. The SMILES string of the molecule is O=C(O)CCOc1c(F)cc(F)cc1Br. The van der Waals surface area contributed by atoms with Crippen molar-refractivity contribution in [3.05, 3.63) is 28.2 Å². The fourth-order valence-corrected chi connectivity index (χ4v) is 1.43. The molecule has 0 atom stereocenters. The number of halogens is 3. The van der Waals surface area contributed by atoms with Gasteiger partial charge in [-0.2, -0.15) is 0 Å². The first-order chi connectivity index (χ1) is 7.00. The van der Waals surface area contributed by atoms with Gasteiger partial charge in [0.2, 0.25) is 0 Å². The van der Waals surface area contributed by atoms with Crippen LogP contribution in [0.3, 0.4) is 0 Å². The van der Waals surface area contributed by atoms with Gasteiger partial charge in [-0.3, -0.25) is 4.79 Å². The monoisotopic (exact) mass is 280 g/mol. The van der Waals surface area contributed by atoms with Gasteiger partial charge >= 0.3 is 5.97 Å². The summed E-state index contributed by atoms with van der Waals surface area (Å²) in [7, 11) is 0. The lowest BCUT2D eigenvalue weighted by molar-refractivity contribution is -0.137. The minimum absolute atomic E-state index is 0.116. The van der Waals surface area contributed by atoms with Crippen LogP contribution < -0.4 is 4.74 Å². The molecule has 0 aliphatic carbocycles. The highest BCUT2D eigenvalue weighted by atomic mass is 79.9. The Kier molecular flexibility index (Phi) is 4.02. The van der Waals surface area contributed by atoms with Crippen LogP contribution in [0.25, 0.3) is 0 Å². The summed E-state index contributed by atoms with van der Waals surface area (Å²) in [6, 6.07) is 1.71. The highest BCUT2D eigenvalue weighted by Crippen LogP contribution is 2.29. The summed E-state index contributed by atoms with van der Waals surface area (Å²) in [6.07, 6.45) is -0.247. The lowest BCUT2D eigenvalue weighted by Gasteiger charge is -2.07. The number of rotatable bonds is 4. The zero-order valence-electron chi connectivity index (χ0n) is 7.47. The number of ether oxygens (including phenoxy) is 1. The predicted octanol–water partition coefficient (Wildman–Crippen LogP) is 2.58. The molecule has 0 fully saturated rings. The molecule has 0 saturated carbocycles. The Balaban J connectivity index is 2.72. The van der Waals surface area contributed by atoms with Crippen LogP contribution in [0.1, 0.15) is 6.42 Å². The summed E-state index contributed by atoms with van der Waals surface area (Å²) < 4.78 is 30.7. The van der Waals surface area contributed by atoms with Gasteiger partial charge in [-0.1, -0.05) is 0 Å². The van der Waals surface area contributed by atoms with Crippen molar-refractivity contribution in [2.24, 2.45) is 0 Å². The van der Waals surface area contributed by atoms with Crippen LogP contribution in [0.2, 0.25) is 0 Å². The standard InChI is InChI=1S/C9H7BrF2O3/c10-6-3-5(11)4-7(12)9(6)15-2-1-8(13)14/h3-4H,1-2H2,(H,13,14). The van der Waals surface area contributed by atoms with Gasteiger partial charge in [0.05, 0.1) is 17.5 Å². The summed E-state index contributed by atoms with van der Waals surface area (Å²) in [5, 5.41) is 8.33. The van der Waals surface area contributed by atoms with Gasteiger partial charge in [-0.15, -0.1) is 0 Å². The topological polar surface area (TPSA) is 46.5 Å². The van der Waals surface area contributed by atoms with Gasteiger partial charge in [-0.25, -0.2) is 8.78 Å². The zero-order valence-corrected chi connectivity index (χ0v) is 9.05. The molecule has 0 saturated heterocycles. The minimum atomic E-state index is -1.05. The Morgan fingerprint density at radius 1 is 1.47 bits per heavy atom. The second-order valence-electron chi connectivity index (χ2n) is 2.69. The highest BCUT2D eigenvalue weighted by Gasteiger charge is 2.11. The first-order valence-corrected chi connectivity index (χ1v) is 4.79. The lowest BCUT2D eigenvalue weighted by atomic mass is 10.3. The normalized spacial score (nSPS) is 10.1. The molecule has 1 rings (SSSR count). The summed E-state index contributed by atoms with van der Waals surface area (Å²) >= 11 is 2.91. The van der Waals surface area contributed by atoms with Crippen molar-refractivity contribution in [3.63, 3.8) is 0 Å². The molecule has 1 N–H and O–H groups in total. The van der Waals surface area contributed by atoms with E-state index in [0.717, 1.165) is 6.07 Å². The van der Waals surface area contributed by atoms with Crippen LogP contribution in [0.5, 0.6) is 5.75 Å². The summed E-state index contributed by atoms with van der Waals surface area (Å²) in [4.78, 5) is 10.2. The van der Waals surface area contributed by atoms with Gasteiger partial charge in [-0.05, 0) is 22.0 Å². The van der Waals surface area contributed by atoms with Crippen molar-refractivity contribution < 1.29 is 23.4 Å². The van der Waals surface area contributed by atoms with Crippen LogP contribution in [-0.4, -0.2) is 17.7 Å². The summed E-state index contributed by atoms with van der Waals surface area (Å²) in [5.74, 6) is -2.83. The molecule has 0 heterocycles. The average Bonchev–Trinajstić information content (AvgIpc) is 2.08. The number of hydrogen-bond donors (Lipinski definition) is 1. The van der Waals surface area contributed by atoms with Crippen molar-refractivity contribution in [3.8, 4) is 5.75 Å². The van der Waals surface area contributed by atoms with E-state index in [2.05, 4.69) is 15.9 Å². The lowest BCUT2D eigenvalue weighted by Crippen LogP contribution is -2.06. The largest absolute Gasteiger partial charge is 0.489 e. The van der Waals surface area contributed by atoms with E-state index in [9.17, 15) is 13.6 Å².